The lowest BCUT2D eigenvalue weighted by Gasteiger charge is -2.07. The summed E-state index contributed by atoms with van der Waals surface area (Å²) in [5.41, 5.74) is 5.98. The Balaban J connectivity index is 2.22. The molecular formula is C13H11BrN2O3S. The monoisotopic (exact) mass is 354 g/mol. The van der Waals surface area contributed by atoms with Gasteiger partial charge in [0.15, 0.2) is 0 Å². The smallest absolute Gasteiger partial charge is 0.256 e. The second-order valence-electron chi connectivity index (χ2n) is 3.83. The number of hydrogen-bond donors (Lipinski definition) is 2. The number of anilines is 1. The molecule has 1 aromatic carbocycles. The first-order chi connectivity index (χ1) is 9.52. The lowest BCUT2D eigenvalue weighted by atomic mass is 10.2. The van der Waals surface area contributed by atoms with Crippen LogP contribution in [-0.2, 0) is 0 Å². The molecule has 104 valence electrons. The number of carbonyl (C=O) groups excluding carboxylic acids is 2. The van der Waals surface area contributed by atoms with Gasteiger partial charge in [0.2, 0.25) is 0 Å². The molecule has 0 fully saturated rings. The van der Waals surface area contributed by atoms with Crippen LogP contribution in [0.3, 0.4) is 0 Å². The van der Waals surface area contributed by atoms with E-state index >= 15 is 0 Å². The molecular weight excluding hydrogens is 344 g/mol. The molecule has 3 N–H and O–H groups in total. The van der Waals surface area contributed by atoms with E-state index in [2.05, 4.69) is 21.2 Å². The van der Waals surface area contributed by atoms with Crippen LogP contribution in [0.25, 0.3) is 0 Å². The maximum absolute atomic E-state index is 12.1. The van der Waals surface area contributed by atoms with Gasteiger partial charge in [-0.1, -0.05) is 0 Å². The summed E-state index contributed by atoms with van der Waals surface area (Å²) in [6.07, 6.45) is 0. The highest BCUT2D eigenvalue weighted by molar-refractivity contribution is 9.10. The van der Waals surface area contributed by atoms with E-state index in [1.165, 1.54) is 11.3 Å². The number of carbonyl (C=O) groups is 2. The molecule has 0 atom stereocenters. The van der Waals surface area contributed by atoms with E-state index in [-0.39, 0.29) is 5.91 Å². The maximum Gasteiger partial charge on any atom is 0.256 e. The minimum absolute atomic E-state index is 0.302. The van der Waals surface area contributed by atoms with E-state index in [1.807, 2.05) is 0 Å². The van der Waals surface area contributed by atoms with Crippen LogP contribution in [0.2, 0.25) is 0 Å². The van der Waals surface area contributed by atoms with Crippen LogP contribution in [0.15, 0.2) is 34.1 Å². The van der Waals surface area contributed by atoms with Crippen LogP contribution < -0.4 is 15.8 Å². The number of halogens is 1. The Hall–Kier alpha value is -1.86. The van der Waals surface area contributed by atoms with Gasteiger partial charge in [0, 0.05) is 5.56 Å². The normalized spacial score (nSPS) is 10.1. The molecule has 2 aromatic rings. The Morgan fingerprint density at radius 3 is 2.70 bits per heavy atom. The Morgan fingerprint density at radius 2 is 2.10 bits per heavy atom. The molecule has 0 aliphatic carbocycles. The van der Waals surface area contributed by atoms with E-state index in [0.29, 0.717) is 26.4 Å². The molecule has 0 unspecified atom stereocenters. The molecule has 0 aliphatic rings. The number of amides is 2. The highest BCUT2D eigenvalue weighted by Gasteiger charge is 2.14. The van der Waals surface area contributed by atoms with Gasteiger partial charge in [-0.2, -0.15) is 0 Å². The van der Waals surface area contributed by atoms with Crippen molar-refractivity contribution in [3.8, 4) is 5.75 Å². The van der Waals surface area contributed by atoms with E-state index in [4.69, 9.17) is 10.5 Å². The first-order valence-corrected chi connectivity index (χ1v) is 7.22. The van der Waals surface area contributed by atoms with Gasteiger partial charge in [-0.05, 0) is 45.6 Å². The van der Waals surface area contributed by atoms with Crippen LogP contribution in [-0.4, -0.2) is 18.9 Å². The van der Waals surface area contributed by atoms with E-state index < -0.39 is 5.91 Å². The number of thiophene rings is 1. The fourth-order valence-electron chi connectivity index (χ4n) is 1.58. The van der Waals surface area contributed by atoms with Gasteiger partial charge in [-0.25, -0.2) is 0 Å². The van der Waals surface area contributed by atoms with Crippen molar-refractivity contribution < 1.29 is 14.3 Å². The average molecular weight is 355 g/mol. The molecule has 7 heteroatoms. The van der Waals surface area contributed by atoms with Crippen LogP contribution in [0.5, 0.6) is 5.75 Å². The van der Waals surface area contributed by atoms with E-state index in [9.17, 15) is 9.59 Å². The number of hydrogen-bond acceptors (Lipinski definition) is 4. The number of nitrogens with two attached hydrogens (primary N) is 1. The molecule has 1 heterocycles. The predicted molar refractivity (Wildman–Crippen MR) is 81.5 cm³/mol. The van der Waals surface area contributed by atoms with Crippen molar-refractivity contribution in [1.82, 2.24) is 0 Å². The van der Waals surface area contributed by atoms with Crippen molar-refractivity contribution >= 4 is 44.1 Å². The SMILES string of the molecule is COc1ccc(C(=O)Nc2sccc2C(N)=O)cc1Br. The zero-order valence-corrected chi connectivity index (χ0v) is 12.9. The number of nitrogens with one attached hydrogen (secondary N) is 1. The predicted octanol–water partition coefficient (Wildman–Crippen LogP) is 2.87. The third-order valence-corrected chi connectivity index (χ3v) is 4.02. The van der Waals surface area contributed by atoms with Crippen molar-refractivity contribution in [3.63, 3.8) is 0 Å². The topological polar surface area (TPSA) is 81.4 Å². The van der Waals surface area contributed by atoms with E-state index in [1.54, 1.807) is 36.8 Å². The summed E-state index contributed by atoms with van der Waals surface area (Å²) in [6, 6.07) is 6.54. The van der Waals surface area contributed by atoms with Gasteiger partial charge in [0.1, 0.15) is 10.8 Å². The first kappa shape index (κ1) is 14.5. The Labute approximate surface area is 127 Å². The highest BCUT2D eigenvalue weighted by atomic mass is 79.9. The third-order valence-electron chi connectivity index (χ3n) is 2.57. The van der Waals surface area contributed by atoms with Gasteiger partial charge in [0.25, 0.3) is 11.8 Å². The van der Waals surface area contributed by atoms with Gasteiger partial charge in [-0.3, -0.25) is 9.59 Å². The molecule has 0 spiro atoms. The molecule has 20 heavy (non-hydrogen) atoms. The minimum Gasteiger partial charge on any atom is -0.496 e. The fourth-order valence-corrected chi connectivity index (χ4v) is 2.91. The van der Waals surface area contributed by atoms with Crippen LogP contribution in [0, 0.1) is 0 Å². The first-order valence-electron chi connectivity index (χ1n) is 5.55. The lowest BCUT2D eigenvalue weighted by molar-refractivity contribution is 0.100. The third kappa shape index (κ3) is 3.00. The van der Waals surface area contributed by atoms with Crippen molar-refractivity contribution in [2.45, 2.75) is 0 Å². The van der Waals surface area contributed by atoms with Crippen molar-refractivity contribution in [2.24, 2.45) is 5.73 Å². The zero-order valence-electron chi connectivity index (χ0n) is 10.5. The number of primary amides is 1. The molecule has 0 aliphatic heterocycles. The number of rotatable bonds is 4. The molecule has 5 nitrogen and oxygen atoms in total. The van der Waals surface area contributed by atoms with Gasteiger partial charge in [-0.15, -0.1) is 11.3 Å². The van der Waals surface area contributed by atoms with Crippen LogP contribution in [0.1, 0.15) is 20.7 Å². The van der Waals surface area contributed by atoms with Gasteiger partial charge >= 0.3 is 0 Å². The quantitative estimate of drug-likeness (QED) is 0.885. The van der Waals surface area contributed by atoms with E-state index in [0.717, 1.165) is 0 Å². The fraction of sp³-hybridized carbons (Fsp3) is 0.0769. The largest absolute Gasteiger partial charge is 0.496 e. The lowest BCUT2D eigenvalue weighted by Crippen LogP contribution is -2.16. The Bertz CT molecular complexity index is 669. The second kappa shape index (κ2) is 6.06. The molecule has 2 amide bonds. The summed E-state index contributed by atoms with van der Waals surface area (Å²) in [5, 5.41) is 4.80. The van der Waals surface area contributed by atoms with Crippen molar-refractivity contribution in [1.29, 1.82) is 0 Å². The standard InChI is InChI=1S/C13H11BrN2O3S/c1-19-10-3-2-7(6-9(10)14)12(18)16-13-8(11(15)17)4-5-20-13/h2-6H,1H3,(H2,15,17)(H,16,18). The molecule has 2 rings (SSSR count). The summed E-state index contributed by atoms with van der Waals surface area (Å²) in [4.78, 5) is 23.3. The summed E-state index contributed by atoms with van der Waals surface area (Å²) in [5.74, 6) is -0.258. The molecule has 0 saturated heterocycles. The Kier molecular flexibility index (Phi) is 4.41. The summed E-state index contributed by atoms with van der Waals surface area (Å²) < 4.78 is 5.77. The molecule has 1 aromatic heterocycles. The molecule has 0 radical (unpaired) electrons. The van der Waals surface area contributed by atoms with Gasteiger partial charge in [0.05, 0.1) is 17.1 Å². The van der Waals surface area contributed by atoms with Crippen LogP contribution in [0.4, 0.5) is 5.00 Å². The molecule has 0 saturated carbocycles. The van der Waals surface area contributed by atoms with Gasteiger partial charge < -0.3 is 15.8 Å². The summed E-state index contributed by atoms with van der Waals surface area (Å²) in [7, 11) is 1.55. The summed E-state index contributed by atoms with van der Waals surface area (Å²) >= 11 is 4.56. The van der Waals surface area contributed by atoms with Crippen LogP contribution >= 0.6 is 27.3 Å². The second-order valence-corrected chi connectivity index (χ2v) is 5.60. The number of ether oxygens (including phenoxy) is 1. The zero-order chi connectivity index (χ0) is 14.7. The minimum atomic E-state index is -0.572. The Morgan fingerprint density at radius 1 is 1.35 bits per heavy atom. The van der Waals surface area contributed by atoms with Crippen molar-refractivity contribution in [2.75, 3.05) is 12.4 Å². The average Bonchev–Trinajstić information content (AvgIpc) is 2.86. The van der Waals surface area contributed by atoms with Crippen molar-refractivity contribution in [3.05, 3.63) is 45.2 Å². The maximum atomic E-state index is 12.1. The molecule has 0 bridgehead atoms. The number of methoxy groups -OCH3 is 1. The number of benzene rings is 1. The summed E-state index contributed by atoms with van der Waals surface area (Å²) in [6.45, 7) is 0. The highest BCUT2D eigenvalue weighted by Crippen LogP contribution is 2.27.